The Balaban J connectivity index is 1.79. The topological polar surface area (TPSA) is 42.3 Å². The molecular weight excluding hydrogens is 332 g/mol. The summed E-state index contributed by atoms with van der Waals surface area (Å²) in [5.41, 5.74) is 1.19. The van der Waals surface area contributed by atoms with E-state index < -0.39 is 0 Å². The van der Waals surface area contributed by atoms with Gasteiger partial charge in [-0.05, 0) is 48.3 Å². The number of nitrogens with one attached hydrogen (secondary N) is 1. The van der Waals surface area contributed by atoms with E-state index in [-0.39, 0.29) is 12.1 Å². The Labute approximate surface area is 135 Å². The Morgan fingerprint density at radius 3 is 3.14 bits per heavy atom. The molecule has 0 bridgehead atoms. The molecular formula is C15H25BrN4O. The third-order valence-electron chi connectivity index (χ3n) is 4.63. The van der Waals surface area contributed by atoms with Gasteiger partial charge in [0, 0.05) is 19.6 Å². The van der Waals surface area contributed by atoms with Gasteiger partial charge in [-0.1, -0.05) is 6.92 Å². The number of hydrogen-bond donors (Lipinski definition) is 1. The molecule has 3 heterocycles. The van der Waals surface area contributed by atoms with Crippen LogP contribution in [0.1, 0.15) is 37.9 Å². The highest BCUT2D eigenvalue weighted by Gasteiger charge is 2.37. The summed E-state index contributed by atoms with van der Waals surface area (Å²) in [5.74, 6) is 0. The molecule has 0 aromatic carbocycles. The molecule has 2 saturated heterocycles. The van der Waals surface area contributed by atoms with Crippen LogP contribution < -0.4 is 5.32 Å². The predicted octanol–water partition coefficient (Wildman–Crippen LogP) is 2.09. The summed E-state index contributed by atoms with van der Waals surface area (Å²) in [6.45, 7) is 6.29. The molecule has 2 aliphatic rings. The van der Waals surface area contributed by atoms with Crippen LogP contribution in [0.4, 0.5) is 0 Å². The summed E-state index contributed by atoms with van der Waals surface area (Å²) in [5, 5.41) is 8.03. The number of nitrogens with zero attached hydrogens (tertiary/aromatic N) is 3. The summed E-state index contributed by atoms with van der Waals surface area (Å²) in [4.78, 5) is 2.60. The molecule has 3 unspecified atom stereocenters. The molecule has 0 aliphatic carbocycles. The molecule has 0 spiro atoms. The first kappa shape index (κ1) is 15.5. The number of ether oxygens (including phenoxy) is 1. The van der Waals surface area contributed by atoms with Crippen molar-refractivity contribution < 1.29 is 4.74 Å². The number of fused-ring (bicyclic) bond motifs is 1. The van der Waals surface area contributed by atoms with Gasteiger partial charge in [-0.3, -0.25) is 9.58 Å². The van der Waals surface area contributed by atoms with Gasteiger partial charge in [-0.25, -0.2) is 0 Å². The number of aryl methyl sites for hydroxylation is 1. The van der Waals surface area contributed by atoms with Crippen LogP contribution in [-0.2, 0) is 11.8 Å². The summed E-state index contributed by atoms with van der Waals surface area (Å²) in [6.07, 6.45) is 5.78. The maximum absolute atomic E-state index is 6.22. The fourth-order valence-corrected chi connectivity index (χ4v) is 4.11. The molecule has 3 rings (SSSR count). The average molecular weight is 357 g/mol. The first-order valence-corrected chi connectivity index (χ1v) is 8.76. The number of aromatic nitrogens is 2. The maximum Gasteiger partial charge on any atom is 0.0912 e. The lowest BCUT2D eigenvalue weighted by molar-refractivity contribution is -0.0664. The van der Waals surface area contributed by atoms with Crippen molar-refractivity contribution in [1.29, 1.82) is 0 Å². The lowest BCUT2D eigenvalue weighted by atomic mass is 10.0. The normalized spacial score (nSPS) is 27.8. The highest BCUT2D eigenvalue weighted by atomic mass is 79.9. The minimum absolute atomic E-state index is 0.188. The van der Waals surface area contributed by atoms with Gasteiger partial charge in [-0.15, -0.1) is 0 Å². The molecule has 0 amide bonds. The monoisotopic (exact) mass is 356 g/mol. The minimum atomic E-state index is 0.188. The lowest BCUT2D eigenvalue weighted by Crippen LogP contribution is -2.51. The minimum Gasteiger partial charge on any atom is -0.373 e. The first-order valence-electron chi connectivity index (χ1n) is 7.97. The molecule has 1 aromatic heterocycles. The quantitative estimate of drug-likeness (QED) is 0.876. The van der Waals surface area contributed by atoms with Crippen LogP contribution in [-0.4, -0.2) is 53.1 Å². The van der Waals surface area contributed by atoms with E-state index in [0.29, 0.717) is 6.04 Å². The summed E-state index contributed by atoms with van der Waals surface area (Å²) >= 11 is 3.64. The van der Waals surface area contributed by atoms with E-state index in [9.17, 15) is 0 Å². The SMILES string of the molecule is CCCNC(c1c(Br)cnn1C)C1CN2CCCC2CO1. The van der Waals surface area contributed by atoms with Crippen molar-refractivity contribution in [1.82, 2.24) is 20.0 Å². The largest absolute Gasteiger partial charge is 0.373 e. The zero-order valence-electron chi connectivity index (χ0n) is 12.9. The van der Waals surface area contributed by atoms with Crippen molar-refractivity contribution >= 4 is 15.9 Å². The van der Waals surface area contributed by atoms with E-state index in [2.05, 4.69) is 38.2 Å². The van der Waals surface area contributed by atoms with Crippen LogP contribution in [0.25, 0.3) is 0 Å². The summed E-state index contributed by atoms with van der Waals surface area (Å²) < 4.78 is 9.23. The molecule has 2 fully saturated rings. The Morgan fingerprint density at radius 2 is 2.43 bits per heavy atom. The van der Waals surface area contributed by atoms with E-state index in [1.165, 1.54) is 25.1 Å². The van der Waals surface area contributed by atoms with Crippen LogP contribution in [0.5, 0.6) is 0 Å². The molecule has 6 heteroatoms. The van der Waals surface area contributed by atoms with Crippen LogP contribution in [0, 0.1) is 0 Å². The second-order valence-corrected chi connectivity index (χ2v) is 6.95. The third-order valence-corrected chi connectivity index (χ3v) is 5.25. The number of morpholine rings is 1. The molecule has 2 aliphatic heterocycles. The van der Waals surface area contributed by atoms with Crippen molar-refractivity contribution in [3.05, 3.63) is 16.4 Å². The van der Waals surface area contributed by atoms with Crippen molar-refractivity contribution in [2.45, 2.75) is 44.4 Å². The van der Waals surface area contributed by atoms with Gasteiger partial charge in [0.05, 0.1) is 35.1 Å². The van der Waals surface area contributed by atoms with Gasteiger partial charge in [0.2, 0.25) is 0 Å². The number of rotatable bonds is 5. The Hall–Kier alpha value is -0.430. The molecule has 1 N–H and O–H groups in total. The molecule has 118 valence electrons. The van der Waals surface area contributed by atoms with Gasteiger partial charge < -0.3 is 10.1 Å². The fraction of sp³-hybridized carbons (Fsp3) is 0.800. The second kappa shape index (κ2) is 6.77. The zero-order valence-corrected chi connectivity index (χ0v) is 14.5. The molecule has 0 saturated carbocycles. The first-order chi connectivity index (χ1) is 10.2. The Kier molecular flexibility index (Phi) is 4.99. The second-order valence-electron chi connectivity index (χ2n) is 6.10. The van der Waals surface area contributed by atoms with E-state index in [4.69, 9.17) is 4.74 Å². The molecule has 1 aromatic rings. The zero-order chi connectivity index (χ0) is 14.8. The Bertz CT molecular complexity index is 459. The van der Waals surface area contributed by atoms with Gasteiger partial charge in [-0.2, -0.15) is 5.10 Å². The standard InChI is InChI=1S/C15H25BrN4O/c1-3-6-17-14(15-12(16)8-18-19(15)2)13-9-20-7-4-5-11(20)10-21-13/h8,11,13-14,17H,3-7,9-10H2,1-2H3. The predicted molar refractivity (Wildman–Crippen MR) is 86.3 cm³/mol. The molecule has 21 heavy (non-hydrogen) atoms. The fourth-order valence-electron chi connectivity index (χ4n) is 3.52. The van der Waals surface area contributed by atoms with Crippen molar-refractivity contribution in [2.75, 3.05) is 26.2 Å². The number of halogens is 1. The van der Waals surface area contributed by atoms with E-state index in [0.717, 1.165) is 30.6 Å². The van der Waals surface area contributed by atoms with Crippen LogP contribution >= 0.6 is 15.9 Å². The van der Waals surface area contributed by atoms with Gasteiger partial charge in [0.15, 0.2) is 0 Å². The van der Waals surface area contributed by atoms with E-state index in [1.807, 2.05) is 17.9 Å². The van der Waals surface area contributed by atoms with Gasteiger partial charge in [0.1, 0.15) is 0 Å². The van der Waals surface area contributed by atoms with Crippen molar-refractivity contribution in [2.24, 2.45) is 7.05 Å². The van der Waals surface area contributed by atoms with Gasteiger partial charge >= 0.3 is 0 Å². The molecule has 3 atom stereocenters. The van der Waals surface area contributed by atoms with Crippen molar-refractivity contribution in [3.8, 4) is 0 Å². The highest BCUT2D eigenvalue weighted by molar-refractivity contribution is 9.10. The smallest absolute Gasteiger partial charge is 0.0912 e. The average Bonchev–Trinajstić information content (AvgIpc) is 3.07. The van der Waals surface area contributed by atoms with Crippen molar-refractivity contribution in [3.63, 3.8) is 0 Å². The molecule has 0 radical (unpaired) electrons. The van der Waals surface area contributed by atoms with Crippen LogP contribution in [0.15, 0.2) is 10.7 Å². The van der Waals surface area contributed by atoms with Crippen LogP contribution in [0.2, 0.25) is 0 Å². The highest BCUT2D eigenvalue weighted by Crippen LogP contribution is 2.31. The van der Waals surface area contributed by atoms with E-state index >= 15 is 0 Å². The van der Waals surface area contributed by atoms with E-state index in [1.54, 1.807) is 0 Å². The van der Waals surface area contributed by atoms with Gasteiger partial charge in [0.25, 0.3) is 0 Å². The lowest BCUT2D eigenvalue weighted by Gasteiger charge is -2.39. The molecule has 5 nitrogen and oxygen atoms in total. The Morgan fingerprint density at radius 1 is 1.57 bits per heavy atom. The maximum atomic E-state index is 6.22. The summed E-state index contributed by atoms with van der Waals surface area (Å²) in [6, 6.07) is 0.830. The number of hydrogen-bond acceptors (Lipinski definition) is 4. The van der Waals surface area contributed by atoms with Crippen LogP contribution in [0.3, 0.4) is 0 Å². The summed E-state index contributed by atoms with van der Waals surface area (Å²) in [7, 11) is 2.00. The third kappa shape index (κ3) is 3.18.